The first-order valence-electron chi connectivity index (χ1n) is 5.60. The van der Waals surface area contributed by atoms with E-state index in [1.54, 1.807) is 0 Å². The number of hydrogen-bond acceptors (Lipinski definition) is 6. The number of nitrogens with one attached hydrogen (secondary N) is 1. The van der Waals surface area contributed by atoms with Crippen molar-refractivity contribution in [3.05, 3.63) is 45.9 Å². The fourth-order valence-electron chi connectivity index (χ4n) is 1.58. The van der Waals surface area contributed by atoms with Crippen LogP contribution in [-0.4, -0.2) is 43.7 Å². The lowest BCUT2D eigenvalue weighted by molar-refractivity contribution is -0.385. The zero-order valence-electron chi connectivity index (χ0n) is 10.7. The molecule has 1 amide bonds. The Morgan fingerprint density at radius 2 is 2.19 bits per heavy atom. The highest BCUT2D eigenvalue weighted by Gasteiger charge is 2.22. The first kappa shape index (κ1) is 14.1. The van der Waals surface area contributed by atoms with Gasteiger partial charge in [-0.2, -0.15) is 5.10 Å². The Kier molecular flexibility index (Phi) is 3.61. The van der Waals surface area contributed by atoms with Crippen LogP contribution in [0.2, 0.25) is 0 Å². The first-order chi connectivity index (χ1) is 9.93. The second kappa shape index (κ2) is 5.36. The third-order valence-corrected chi connectivity index (χ3v) is 2.58. The molecule has 0 spiro atoms. The molecule has 0 atom stereocenters. The molecule has 0 fully saturated rings. The van der Waals surface area contributed by atoms with Crippen LogP contribution >= 0.6 is 0 Å². The summed E-state index contributed by atoms with van der Waals surface area (Å²) in [5.41, 5.74) is -1.03. The molecule has 0 radical (unpaired) electrons. The summed E-state index contributed by atoms with van der Waals surface area (Å²) in [5.74, 6) is -1.83. The number of nitrogens with zero attached hydrogens (tertiary/aromatic N) is 4. The molecule has 10 nitrogen and oxygen atoms in total. The Labute approximate surface area is 117 Å². The standard InChI is InChI=1S/C11H9N5O5/c1-12-10(17)7-2-3-15(14-7)9-4-6(11(18)19)8(5-13-9)16(20)21/h2-5H,1H3,(H,12,17)(H,18,19). The van der Waals surface area contributed by atoms with E-state index >= 15 is 0 Å². The van der Waals surface area contributed by atoms with E-state index in [-0.39, 0.29) is 11.5 Å². The van der Waals surface area contributed by atoms with Gasteiger partial charge < -0.3 is 10.4 Å². The number of nitro groups is 1. The minimum absolute atomic E-state index is 0.0492. The van der Waals surface area contributed by atoms with E-state index in [0.717, 1.165) is 16.9 Å². The van der Waals surface area contributed by atoms with Gasteiger partial charge in [0.2, 0.25) is 0 Å². The molecule has 0 saturated heterocycles. The van der Waals surface area contributed by atoms with Crippen molar-refractivity contribution in [1.29, 1.82) is 0 Å². The van der Waals surface area contributed by atoms with Crippen LogP contribution in [0.4, 0.5) is 5.69 Å². The zero-order chi connectivity index (χ0) is 15.6. The molecule has 0 aliphatic heterocycles. The van der Waals surface area contributed by atoms with Crippen LogP contribution in [0.5, 0.6) is 0 Å². The smallest absolute Gasteiger partial charge is 0.342 e. The van der Waals surface area contributed by atoms with Crippen LogP contribution in [0.15, 0.2) is 24.5 Å². The zero-order valence-corrected chi connectivity index (χ0v) is 10.7. The van der Waals surface area contributed by atoms with E-state index in [1.165, 1.54) is 19.3 Å². The molecule has 2 aromatic rings. The molecule has 0 unspecified atom stereocenters. The lowest BCUT2D eigenvalue weighted by Gasteiger charge is -2.02. The van der Waals surface area contributed by atoms with Crippen LogP contribution in [0.25, 0.3) is 5.82 Å². The van der Waals surface area contributed by atoms with Gasteiger partial charge in [-0.3, -0.25) is 14.9 Å². The van der Waals surface area contributed by atoms with Gasteiger partial charge in [0.15, 0.2) is 11.5 Å². The fourth-order valence-corrected chi connectivity index (χ4v) is 1.58. The molecule has 0 bridgehead atoms. The summed E-state index contributed by atoms with van der Waals surface area (Å²) in [6, 6.07) is 2.42. The van der Waals surface area contributed by atoms with Crippen molar-refractivity contribution in [3.8, 4) is 5.82 Å². The van der Waals surface area contributed by atoms with Crippen molar-refractivity contribution in [1.82, 2.24) is 20.1 Å². The maximum Gasteiger partial charge on any atom is 0.342 e. The van der Waals surface area contributed by atoms with Gasteiger partial charge in [-0.15, -0.1) is 0 Å². The second-order valence-electron chi connectivity index (χ2n) is 3.85. The highest BCUT2D eigenvalue weighted by molar-refractivity contribution is 5.93. The molecule has 0 aliphatic rings. The van der Waals surface area contributed by atoms with Crippen molar-refractivity contribution in [2.75, 3.05) is 7.05 Å². The van der Waals surface area contributed by atoms with E-state index < -0.39 is 28.1 Å². The monoisotopic (exact) mass is 291 g/mol. The van der Waals surface area contributed by atoms with Crippen LogP contribution in [0.1, 0.15) is 20.8 Å². The normalized spacial score (nSPS) is 10.1. The van der Waals surface area contributed by atoms with Crippen LogP contribution in [0.3, 0.4) is 0 Å². The largest absolute Gasteiger partial charge is 0.477 e. The topological polar surface area (TPSA) is 140 Å². The third kappa shape index (κ3) is 2.68. The summed E-state index contributed by atoms with van der Waals surface area (Å²) in [6.45, 7) is 0. The first-order valence-corrected chi connectivity index (χ1v) is 5.60. The van der Waals surface area contributed by atoms with E-state index in [9.17, 15) is 19.7 Å². The van der Waals surface area contributed by atoms with Crippen molar-refractivity contribution in [3.63, 3.8) is 0 Å². The molecule has 2 N–H and O–H groups in total. The Balaban J connectivity index is 2.48. The van der Waals surface area contributed by atoms with Crippen LogP contribution in [-0.2, 0) is 0 Å². The molecular formula is C11H9N5O5. The summed E-state index contributed by atoms with van der Waals surface area (Å²) in [5, 5.41) is 26.0. The number of carboxylic acids is 1. The summed E-state index contributed by atoms with van der Waals surface area (Å²) >= 11 is 0. The maximum absolute atomic E-state index is 11.4. The molecule has 2 heterocycles. The quantitative estimate of drug-likeness (QED) is 0.606. The summed E-state index contributed by atoms with van der Waals surface area (Å²) in [7, 11) is 1.44. The van der Waals surface area contributed by atoms with Gasteiger partial charge >= 0.3 is 11.7 Å². The highest BCUT2D eigenvalue weighted by Crippen LogP contribution is 2.19. The summed E-state index contributed by atoms with van der Waals surface area (Å²) in [4.78, 5) is 36.1. The lowest BCUT2D eigenvalue weighted by Crippen LogP contribution is -2.18. The van der Waals surface area contributed by atoms with Gasteiger partial charge in [0.25, 0.3) is 5.91 Å². The number of hydrogen-bond donors (Lipinski definition) is 2. The lowest BCUT2D eigenvalue weighted by atomic mass is 10.2. The number of aromatic nitrogens is 3. The molecule has 2 aromatic heterocycles. The average Bonchev–Trinajstić information content (AvgIpc) is 2.95. The van der Waals surface area contributed by atoms with E-state index in [1.807, 2.05) is 0 Å². The minimum atomic E-state index is -1.45. The number of rotatable bonds is 4. The van der Waals surface area contributed by atoms with Crippen molar-refractivity contribution < 1.29 is 19.6 Å². The number of pyridine rings is 1. The average molecular weight is 291 g/mol. The van der Waals surface area contributed by atoms with E-state index in [4.69, 9.17) is 5.11 Å². The Morgan fingerprint density at radius 1 is 1.48 bits per heavy atom. The Bertz CT molecular complexity index is 738. The van der Waals surface area contributed by atoms with Gasteiger partial charge in [0.05, 0.1) is 4.92 Å². The summed E-state index contributed by atoms with van der Waals surface area (Å²) < 4.78 is 1.15. The van der Waals surface area contributed by atoms with Crippen molar-refractivity contribution >= 4 is 17.6 Å². The minimum Gasteiger partial charge on any atom is -0.477 e. The number of aromatic carboxylic acids is 1. The van der Waals surface area contributed by atoms with Gasteiger partial charge in [-0.25, -0.2) is 14.5 Å². The van der Waals surface area contributed by atoms with E-state index in [2.05, 4.69) is 15.4 Å². The number of carbonyl (C=O) groups excluding carboxylic acids is 1. The molecule has 0 aliphatic carbocycles. The van der Waals surface area contributed by atoms with Gasteiger partial charge in [-0.1, -0.05) is 0 Å². The Hall–Kier alpha value is -3.30. The molecule has 108 valence electrons. The molecule has 0 saturated carbocycles. The molecule has 0 aromatic carbocycles. The highest BCUT2D eigenvalue weighted by atomic mass is 16.6. The van der Waals surface area contributed by atoms with Gasteiger partial charge in [-0.05, 0) is 6.07 Å². The van der Waals surface area contributed by atoms with Crippen molar-refractivity contribution in [2.24, 2.45) is 0 Å². The van der Waals surface area contributed by atoms with Crippen molar-refractivity contribution in [2.45, 2.75) is 0 Å². The van der Waals surface area contributed by atoms with Gasteiger partial charge in [0.1, 0.15) is 11.8 Å². The molecule has 10 heteroatoms. The third-order valence-electron chi connectivity index (χ3n) is 2.58. The number of amides is 1. The number of carboxylic acid groups (broad SMARTS) is 1. The Morgan fingerprint density at radius 3 is 2.76 bits per heavy atom. The predicted octanol–water partition coefficient (Wildman–Crippen LogP) is 0.233. The molecule has 2 rings (SSSR count). The van der Waals surface area contributed by atoms with Crippen LogP contribution < -0.4 is 5.32 Å². The van der Waals surface area contributed by atoms with Crippen LogP contribution in [0, 0.1) is 10.1 Å². The maximum atomic E-state index is 11.4. The molecule has 21 heavy (non-hydrogen) atoms. The second-order valence-corrected chi connectivity index (χ2v) is 3.85. The number of carbonyl (C=O) groups is 2. The van der Waals surface area contributed by atoms with Gasteiger partial charge in [0, 0.05) is 19.3 Å². The SMILES string of the molecule is CNC(=O)c1ccn(-c2cc(C(=O)O)c([N+](=O)[O-])cn2)n1. The predicted molar refractivity (Wildman–Crippen MR) is 68.4 cm³/mol. The fraction of sp³-hybridized carbons (Fsp3) is 0.0909. The summed E-state index contributed by atoms with van der Waals surface area (Å²) in [6.07, 6.45) is 2.23. The van der Waals surface area contributed by atoms with E-state index in [0.29, 0.717) is 0 Å². The molecular weight excluding hydrogens is 282 g/mol.